The number of nitrogens with one attached hydrogen (secondary N) is 3. The van der Waals surface area contributed by atoms with Crippen molar-refractivity contribution < 1.29 is 13.2 Å². The largest absolute Gasteiger partial charge is 0.345 e. The molecule has 8 nitrogen and oxygen atoms in total. The number of aromatic nitrogens is 3. The van der Waals surface area contributed by atoms with Crippen molar-refractivity contribution in [1.29, 1.82) is 0 Å². The lowest BCUT2D eigenvalue weighted by molar-refractivity contribution is -0.115. The van der Waals surface area contributed by atoms with Gasteiger partial charge < -0.3 is 10.3 Å². The third-order valence-corrected chi connectivity index (χ3v) is 5.84. The van der Waals surface area contributed by atoms with Crippen LogP contribution in [0, 0.1) is 6.92 Å². The molecule has 10 heteroatoms. The first-order valence-corrected chi connectivity index (χ1v) is 11.8. The molecular weight excluding hydrogens is 422 g/mol. The Balaban J connectivity index is 1.50. The average Bonchev–Trinajstić information content (AvgIpc) is 3.23. The number of hydrogen-bond donors (Lipinski definition) is 3. The third kappa shape index (κ3) is 4.50. The number of thiazole rings is 1. The molecule has 4 rings (SSSR count). The van der Waals surface area contributed by atoms with E-state index in [9.17, 15) is 13.2 Å². The van der Waals surface area contributed by atoms with Gasteiger partial charge in [0.2, 0.25) is 15.9 Å². The Morgan fingerprint density at radius 2 is 2.07 bits per heavy atom. The number of fused-ring (bicyclic) bond motifs is 1. The van der Waals surface area contributed by atoms with Crippen molar-refractivity contribution in [2.75, 3.05) is 16.3 Å². The van der Waals surface area contributed by atoms with Gasteiger partial charge in [0.05, 0.1) is 18.4 Å². The van der Waals surface area contributed by atoms with Crippen LogP contribution in [0.2, 0.25) is 0 Å². The van der Waals surface area contributed by atoms with Crippen LogP contribution in [0.1, 0.15) is 10.4 Å². The molecule has 0 aliphatic carbocycles. The fourth-order valence-electron chi connectivity index (χ4n) is 3.16. The van der Waals surface area contributed by atoms with Crippen LogP contribution >= 0.6 is 11.3 Å². The topological polar surface area (TPSA) is 117 Å². The van der Waals surface area contributed by atoms with Crippen molar-refractivity contribution in [3.05, 3.63) is 59.2 Å². The maximum Gasteiger partial charge on any atom is 0.230 e. The Morgan fingerprint density at radius 1 is 1.23 bits per heavy atom. The molecule has 0 atom stereocenters. The van der Waals surface area contributed by atoms with Crippen molar-refractivity contribution in [3.8, 4) is 11.3 Å². The highest BCUT2D eigenvalue weighted by atomic mass is 32.2. The van der Waals surface area contributed by atoms with E-state index in [1.807, 2.05) is 25.3 Å². The van der Waals surface area contributed by atoms with E-state index >= 15 is 0 Å². The van der Waals surface area contributed by atoms with Gasteiger partial charge in [0.15, 0.2) is 5.13 Å². The van der Waals surface area contributed by atoms with Gasteiger partial charge in [-0.1, -0.05) is 12.1 Å². The first-order valence-electron chi connectivity index (χ1n) is 9.05. The summed E-state index contributed by atoms with van der Waals surface area (Å²) < 4.78 is 25.2. The third-order valence-electron chi connectivity index (χ3n) is 4.34. The van der Waals surface area contributed by atoms with Crippen LogP contribution in [0.25, 0.3) is 22.3 Å². The summed E-state index contributed by atoms with van der Waals surface area (Å²) >= 11 is 1.40. The Morgan fingerprint density at radius 3 is 2.87 bits per heavy atom. The Kier molecular flexibility index (Phi) is 5.27. The predicted octanol–water partition coefficient (Wildman–Crippen LogP) is 3.55. The quantitative estimate of drug-likeness (QED) is 0.423. The van der Waals surface area contributed by atoms with Gasteiger partial charge in [-0.3, -0.25) is 9.52 Å². The Bertz CT molecular complexity index is 1340. The highest BCUT2D eigenvalue weighted by Crippen LogP contribution is 2.34. The summed E-state index contributed by atoms with van der Waals surface area (Å²) in [6.07, 6.45) is 4.77. The number of carbonyl (C=O) groups is 1. The van der Waals surface area contributed by atoms with E-state index in [4.69, 9.17) is 0 Å². The SMILES string of the molecule is Cc1sc(NC(=O)Cc2cccc(NS(C)(=O)=O)c2)nc1-c1c[nH]c2ncccc12. The minimum atomic E-state index is -3.38. The number of aryl methyl sites for hydroxylation is 1. The molecule has 1 aromatic carbocycles. The number of hydrogen-bond acceptors (Lipinski definition) is 6. The molecule has 0 spiro atoms. The fourth-order valence-corrected chi connectivity index (χ4v) is 4.56. The van der Waals surface area contributed by atoms with Crippen molar-refractivity contribution in [2.24, 2.45) is 0 Å². The molecule has 0 radical (unpaired) electrons. The molecule has 0 bridgehead atoms. The minimum Gasteiger partial charge on any atom is -0.345 e. The van der Waals surface area contributed by atoms with Crippen molar-refractivity contribution in [3.63, 3.8) is 0 Å². The molecule has 154 valence electrons. The Hall–Kier alpha value is -3.24. The van der Waals surface area contributed by atoms with Gasteiger partial charge >= 0.3 is 0 Å². The lowest BCUT2D eigenvalue weighted by atomic mass is 10.1. The standard InChI is InChI=1S/C20H19N5O3S2/c1-12-18(16-11-22-19-15(16)7-4-8-21-19)24-20(29-12)23-17(26)10-13-5-3-6-14(9-13)25-30(2,27)28/h3-9,11,25H,10H2,1-2H3,(H,21,22)(H,23,24,26). The molecule has 30 heavy (non-hydrogen) atoms. The number of anilines is 2. The molecule has 4 aromatic rings. The van der Waals surface area contributed by atoms with E-state index in [0.717, 1.165) is 33.4 Å². The molecule has 0 aliphatic heterocycles. The second kappa shape index (κ2) is 7.88. The van der Waals surface area contributed by atoms with Crippen LogP contribution in [-0.4, -0.2) is 35.5 Å². The summed E-state index contributed by atoms with van der Waals surface area (Å²) in [6.45, 7) is 1.96. The molecular formula is C20H19N5O3S2. The van der Waals surface area contributed by atoms with Gasteiger partial charge in [0, 0.05) is 33.9 Å². The summed E-state index contributed by atoms with van der Waals surface area (Å²) in [5.74, 6) is -0.229. The lowest BCUT2D eigenvalue weighted by Crippen LogP contribution is -2.15. The van der Waals surface area contributed by atoms with Crippen molar-refractivity contribution >= 4 is 49.1 Å². The van der Waals surface area contributed by atoms with E-state index in [1.165, 1.54) is 11.3 Å². The molecule has 1 amide bonds. The number of aromatic amines is 1. The van der Waals surface area contributed by atoms with Gasteiger partial charge in [-0.25, -0.2) is 18.4 Å². The number of carbonyl (C=O) groups excluding carboxylic acids is 1. The first-order chi connectivity index (χ1) is 14.3. The van der Waals surface area contributed by atoms with Gasteiger partial charge in [-0.15, -0.1) is 11.3 Å². The van der Waals surface area contributed by atoms with E-state index in [-0.39, 0.29) is 12.3 Å². The zero-order chi connectivity index (χ0) is 21.3. The number of nitrogens with zero attached hydrogens (tertiary/aromatic N) is 2. The van der Waals surface area contributed by atoms with Crippen LogP contribution in [0.3, 0.4) is 0 Å². The van der Waals surface area contributed by atoms with Gasteiger partial charge in [-0.2, -0.15) is 0 Å². The second-order valence-electron chi connectivity index (χ2n) is 6.83. The van der Waals surface area contributed by atoms with Crippen LogP contribution in [0.15, 0.2) is 48.8 Å². The average molecular weight is 442 g/mol. The lowest BCUT2D eigenvalue weighted by Gasteiger charge is -2.06. The van der Waals surface area contributed by atoms with Crippen LogP contribution in [-0.2, 0) is 21.2 Å². The molecule has 3 heterocycles. The first kappa shape index (κ1) is 20.0. The number of benzene rings is 1. The zero-order valence-electron chi connectivity index (χ0n) is 16.3. The van der Waals surface area contributed by atoms with E-state index in [0.29, 0.717) is 16.4 Å². The summed E-state index contributed by atoms with van der Waals surface area (Å²) in [5.41, 5.74) is 3.63. The minimum absolute atomic E-state index is 0.101. The van der Waals surface area contributed by atoms with Gasteiger partial charge in [0.1, 0.15) is 5.65 Å². The monoisotopic (exact) mass is 441 g/mol. The normalized spacial score (nSPS) is 11.5. The van der Waals surface area contributed by atoms with E-state index < -0.39 is 10.0 Å². The summed E-state index contributed by atoms with van der Waals surface area (Å²) in [7, 11) is -3.38. The molecule has 0 saturated heterocycles. The molecule has 0 saturated carbocycles. The molecule has 0 unspecified atom stereocenters. The van der Waals surface area contributed by atoms with Gasteiger partial charge in [-0.05, 0) is 36.8 Å². The smallest absolute Gasteiger partial charge is 0.230 e. The summed E-state index contributed by atoms with van der Waals surface area (Å²) in [4.78, 5) is 25.5. The number of pyridine rings is 1. The zero-order valence-corrected chi connectivity index (χ0v) is 17.9. The number of rotatable bonds is 6. The fraction of sp³-hybridized carbons (Fsp3) is 0.150. The number of H-pyrrole nitrogens is 1. The van der Waals surface area contributed by atoms with Crippen LogP contribution < -0.4 is 10.0 Å². The van der Waals surface area contributed by atoms with E-state index in [2.05, 4.69) is 25.0 Å². The van der Waals surface area contributed by atoms with Crippen molar-refractivity contribution in [2.45, 2.75) is 13.3 Å². The highest BCUT2D eigenvalue weighted by molar-refractivity contribution is 7.92. The highest BCUT2D eigenvalue weighted by Gasteiger charge is 2.16. The molecule has 3 N–H and O–H groups in total. The predicted molar refractivity (Wildman–Crippen MR) is 119 cm³/mol. The van der Waals surface area contributed by atoms with Crippen LogP contribution in [0.4, 0.5) is 10.8 Å². The van der Waals surface area contributed by atoms with Crippen LogP contribution in [0.5, 0.6) is 0 Å². The second-order valence-corrected chi connectivity index (χ2v) is 9.78. The summed E-state index contributed by atoms with van der Waals surface area (Å²) in [5, 5.41) is 4.31. The summed E-state index contributed by atoms with van der Waals surface area (Å²) in [6, 6.07) is 10.6. The Labute approximate surface area is 177 Å². The number of amides is 1. The maximum absolute atomic E-state index is 12.5. The maximum atomic E-state index is 12.5. The molecule has 0 aliphatic rings. The molecule has 0 fully saturated rings. The van der Waals surface area contributed by atoms with Crippen molar-refractivity contribution in [1.82, 2.24) is 15.0 Å². The van der Waals surface area contributed by atoms with Gasteiger partial charge in [0.25, 0.3) is 0 Å². The molecule has 3 aromatic heterocycles. The van der Waals surface area contributed by atoms with E-state index in [1.54, 1.807) is 30.5 Å². The number of sulfonamides is 1.